The molecule has 0 radical (unpaired) electrons. The Bertz CT molecular complexity index is 474. The lowest BCUT2D eigenvalue weighted by Crippen LogP contribution is -2.50. The second-order valence-corrected chi connectivity index (χ2v) is 6.09. The number of aliphatic hydroxyl groups excluding tert-OH is 1. The summed E-state index contributed by atoms with van der Waals surface area (Å²) in [6.07, 6.45) is 1.28. The van der Waals surface area contributed by atoms with E-state index in [-0.39, 0.29) is 12.5 Å². The highest BCUT2D eigenvalue weighted by Crippen LogP contribution is 2.22. The van der Waals surface area contributed by atoms with Gasteiger partial charge < -0.3 is 15.2 Å². The molecule has 0 aromatic heterocycles. The van der Waals surface area contributed by atoms with Crippen molar-refractivity contribution in [2.24, 2.45) is 0 Å². The van der Waals surface area contributed by atoms with E-state index in [1.807, 2.05) is 13.0 Å². The number of carbonyl (C=O) groups excluding carboxylic acids is 1. The summed E-state index contributed by atoms with van der Waals surface area (Å²) in [4.78, 5) is 12.0. The lowest BCUT2D eigenvalue weighted by molar-refractivity contribution is -0.123. The third-order valence-corrected chi connectivity index (χ3v) is 3.79. The standard InChI is InChI=1S/C15H21Cl2NO3/c1-15(7-8-19,10-21-2)18-14(20)6-4-11-3-5-12(16)9-13(11)17/h3,5,9,19H,4,6-8,10H2,1-2H3,(H,18,20). The lowest BCUT2D eigenvalue weighted by atomic mass is 9.98. The minimum absolute atomic E-state index is 0.0108. The van der Waals surface area contributed by atoms with Crippen molar-refractivity contribution in [3.63, 3.8) is 0 Å². The first-order chi connectivity index (χ1) is 9.90. The van der Waals surface area contributed by atoms with Crippen LogP contribution in [-0.4, -0.2) is 36.9 Å². The van der Waals surface area contributed by atoms with E-state index in [0.29, 0.717) is 35.9 Å². The Morgan fingerprint density at radius 1 is 1.43 bits per heavy atom. The summed E-state index contributed by atoms with van der Waals surface area (Å²) < 4.78 is 5.09. The Morgan fingerprint density at radius 3 is 2.71 bits per heavy atom. The van der Waals surface area contributed by atoms with Crippen molar-refractivity contribution in [3.8, 4) is 0 Å². The minimum Gasteiger partial charge on any atom is -0.396 e. The maximum Gasteiger partial charge on any atom is 0.220 e. The molecule has 0 saturated heterocycles. The van der Waals surface area contributed by atoms with Gasteiger partial charge in [0.1, 0.15) is 0 Å². The van der Waals surface area contributed by atoms with Gasteiger partial charge in [-0.15, -0.1) is 0 Å². The monoisotopic (exact) mass is 333 g/mol. The number of amides is 1. The fourth-order valence-electron chi connectivity index (χ4n) is 2.11. The topological polar surface area (TPSA) is 58.6 Å². The smallest absolute Gasteiger partial charge is 0.220 e. The highest BCUT2D eigenvalue weighted by molar-refractivity contribution is 6.35. The molecule has 0 bridgehead atoms. The lowest BCUT2D eigenvalue weighted by Gasteiger charge is -2.29. The normalized spacial score (nSPS) is 13.8. The van der Waals surface area contributed by atoms with Gasteiger partial charge in [0.15, 0.2) is 0 Å². The van der Waals surface area contributed by atoms with Crippen LogP contribution in [0.5, 0.6) is 0 Å². The van der Waals surface area contributed by atoms with E-state index in [0.717, 1.165) is 5.56 Å². The molecule has 1 unspecified atom stereocenters. The van der Waals surface area contributed by atoms with Gasteiger partial charge in [-0.2, -0.15) is 0 Å². The molecule has 0 aliphatic carbocycles. The van der Waals surface area contributed by atoms with E-state index in [4.69, 9.17) is 33.0 Å². The fraction of sp³-hybridized carbons (Fsp3) is 0.533. The zero-order valence-electron chi connectivity index (χ0n) is 12.3. The molecule has 1 rings (SSSR count). The van der Waals surface area contributed by atoms with Crippen LogP contribution < -0.4 is 5.32 Å². The van der Waals surface area contributed by atoms with Crippen LogP contribution in [0.3, 0.4) is 0 Å². The number of aryl methyl sites for hydroxylation is 1. The molecular formula is C15H21Cl2NO3. The molecule has 0 spiro atoms. The van der Waals surface area contributed by atoms with Crippen LogP contribution in [0.4, 0.5) is 0 Å². The number of hydrogen-bond donors (Lipinski definition) is 2. The Balaban J connectivity index is 2.56. The summed E-state index contributed by atoms with van der Waals surface area (Å²) in [5, 5.41) is 13.1. The number of nitrogens with one attached hydrogen (secondary N) is 1. The molecule has 1 atom stereocenters. The van der Waals surface area contributed by atoms with Crippen molar-refractivity contribution in [1.29, 1.82) is 0 Å². The fourth-order valence-corrected chi connectivity index (χ4v) is 2.61. The molecule has 1 amide bonds. The predicted molar refractivity (Wildman–Crippen MR) is 84.9 cm³/mol. The summed E-state index contributed by atoms with van der Waals surface area (Å²) in [5.74, 6) is -0.103. The predicted octanol–water partition coefficient (Wildman–Crippen LogP) is 2.83. The molecule has 0 aliphatic rings. The van der Waals surface area contributed by atoms with Gasteiger partial charge in [0.25, 0.3) is 0 Å². The first-order valence-corrected chi connectivity index (χ1v) is 7.50. The third kappa shape index (κ3) is 6.22. The third-order valence-electron chi connectivity index (χ3n) is 3.20. The van der Waals surface area contributed by atoms with Crippen LogP contribution in [0.1, 0.15) is 25.3 Å². The van der Waals surface area contributed by atoms with Crippen LogP contribution in [0.2, 0.25) is 10.0 Å². The number of benzene rings is 1. The first kappa shape index (κ1) is 18.2. The summed E-state index contributed by atoms with van der Waals surface area (Å²) in [6.45, 7) is 2.18. The molecular weight excluding hydrogens is 313 g/mol. The SMILES string of the molecule is COCC(C)(CCO)NC(=O)CCc1ccc(Cl)cc1Cl. The zero-order chi connectivity index (χ0) is 15.9. The van der Waals surface area contributed by atoms with Crippen LogP contribution >= 0.6 is 23.2 Å². The highest BCUT2D eigenvalue weighted by Gasteiger charge is 2.25. The number of carbonyl (C=O) groups is 1. The van der Waals surface area contributed by atoms with Gasteiger partial charge >= 0.3 is 0 Å². The minimum atomic E-state index is -0.565. The van der Waals surface area contributed by atoms with Gasteiger partial charge in [-0.3, -0.25) is 4.79 Å². The van der Waals surface area contributed by atoms with Crippen molar-refractivity contribution in [1.82, 2.24) is 5.32 Å². The summed E-state index contributed by atoms with van der Waals surface area (Å²) in [7, 11) is 1.56. The average Bonchev–Trinajstić information content (AvgIpc) is 2.37. The number of ether oxygens (including phenoxy) is 1. The molecule has 2 N–H and O–H groups in total. The van der Waals surface area contributed by atoms with E-state index in [1.165, 1.54) is 0 Å². The van der Waals surface area contributed by atoms with E-state index >= 15 is 0 Å². The maximum absolute atomic E-state index is 12.0. The van der Waals surface area contributed by atoms with Gasteiger partial charge in [-0.25, -0.2) is 0 Å². The molecule has 0 saturated carbocycles. The van der Waals surface area contributed by atoms with E-state index in [2.05, 4.69) is 5.32 Å². The number of methoxy groups -OCH3 is 1. The maximum atomic E-state index is 12.0. The van der Waals surface area contributed by atoms with Gasteiger partial charge in [0.05, 0.1) is 12.1 Å². The molecule has 4 nitrogen and oxygen atoms in total. The Labute approximate surface area is 135 Å². The number of hydrogen-bond acceptors (Lipinski definition) is 3. The summed E-state index contributed by atoms with van der Waals surface area (Å²) in [6, 6.07) is 5.23. The van der Waals surface area contributed by atoms with E-state index in [1.54, 1.807) is 19.2 Å². The highest BCUT2D eigenvalue weighted by atomic mass is 35.5. The molecule has 0 heterocycles. The molecule has 0 fully saturated rings. The quantitative estimate of drug-likeness (QED) is 0.769. The number of aliphatic hydroxyl groups is 1. The number of halogens is 2. The van der Waals surface area contributed by atoms with Crippen molar-refractivity contribution in [2.75, 3.05) is 20.3 Å². The Hall–Kier alpha value is -0.810. The summed E-state index contributed by atoms with van der Waals surface area (Å²) in [5.41, 5.74) is 0.316. The first-order valence-electron chi connectivity index (χ1n) is 6.75. The van der Waals surface area contributed by atoms with Crippen molar-refractivity contribution in [2.45, 2.75) is 31.7 Å². The van der Waals surface area contributed by atoms with Crippen LogP contribution in [0, 0.1) is 0 Å². The van der Waals surface area contributed by atoms with E-state index < -0.39 is 5.54 Å². The van der Waals surface area contributed by atoms with Crippen LogP contribution in [0.15, 0.2) is 18.2 Å². The Morgan fingerprint density at radius 2 is 2.14 bits per heavy atom. The largest absolute Gasteiger partial charge is 0.396 e. The van der Waals surface area contributed by atoms with E-state index in [9.17, 15) is 4.79 Å². The summed E-state index contributed by atoms with van der Waals surface area (Å²) >= 11 is 11.9. The molecule has 1 aromatic rings. The molecule has 21 heavy (non-hydrogen) atoms. The van der Waals surface area contributed by atoms with Crippen molar-refractivity contribution < 1.29 is 14.6 Å². The molecule has 1 aromatic carbocycles. The van der Waals surface area contributed by atoms with Gasteiger partial charge in [-0.05, 0) is 37.5 Å². The van der Waals surface area contributed by atoms with Gasteiger partial charge in [-0.1, -0.05) is 29.3 Å². The Kier molecular flexibility index (Phi) is 7.46. The van der Waals surface area contributed by atoms with Crippen LogP contribution in [-0.2, 0) is 16.0 Å². The molecule has 6 heteroatoms. The van der Waals surface area contributed by atoms with Gasteiger partial charge in [0, 0.05) is 30.2 Å². The second-order valence-electron chi connectivity index (χ2n) is 5.25. The van der Waals surface area contributed by atoms with Crippen LogP contribution in [0.25, 0.3) is 0 Å². The molecule has 118 valence electrons. The molecule has 0 aliphatic heterocycles. The average molecular weight is 334 g/mol. The van der Waals surface area contributed by atoms with Crippen molar-refractivity contribution in [3.05, 3.63) is 33.8 Å². The zero-order valence-corrected chi connectivity index (χ0v) is 13.8. The van der Waals surface area contributed by atoms with Gasteiger partial charge in [0.2, 0.25) is 5.91 Å². The second kappa shape index (κ2) is 8.59. The number of rotatable bonds is 8. The van der Waals surface area contributed by atoms with Crippen molar-refractivity contribution >= 4 is 29.1 Å².